The molecule has 0 aromatic rings. The maximum atomic E-state index is 12.2. The van der Waals surface area contributed by atoms with Crippen molar-refractivity contribution in [2.24, 2.45) is 5.92 Å². The Bertz CT molecular complexity index is 212. The molecule has 0 radical (unpaired) electrons. The van der Waals surface area contributed by atoms with E-state index in [1.54, 1.807) is 0 Å². The van der Waals surface area contributed by atoms with Crippen molar-refractivity contribution in [1.82, 2.24) is 0 Å². The molecule has 7 heteroatoms. The van der Waals surface area contributed by atoms with Crippen molar-refractivity contribution in [2.45, 2.75) is 37.7 Å². The van der Waals surface area contributed by atoms with Crippen LogP contribution in [0, 0.1) is 5.92 Å². The van der Waals surface area contributed by atoms with Gasteiger partial charge in [-0.1, -0.05) is 0 Å². The molecule has 1 fully saturated rings. The highest BCUT2D eigenvalue weighted by Gasteiger charge is 2.69. The minimum Gasteiger partial charge on any atom is -0.358 e. The minimum absolute atomic E-state index is 0.0232. The van der Waals surface area contributed by atoms with Gasteiger partial charge in [-0.25, -0.2) is 0 Å². The van der Waals surface area contributed by atoms with Crippen molar-refractivity contribution >= 4 is 0 Å². The maximum absolute atomic E-state index is 12.2. The first-order chi connectivity index (χ1) is 6.58. The zero-order chi connectivity index (χ0) is 11.9. The molecule has 0 saturated heterocycles. The molecule has 1 aliphatic rings. The molecule has 1 rings (SSSR count). The minimum atomic E-state index is -5.44. The molecule has 0 atom stereocenters. The van der Waals surface area contributed by atoms with E-state index in [1.807, 2.05) is 0 Å². The lowest BCUT2D eigenvalue weighted by Crippen LogP contribution is -2.56. The van der Waals surface area contributed by atoms with Crippen LogP contribution >= 0.6 is 0 Å². The molecule has 0 unspecified atom stereocenters. The lowest BCUT2D eigenvalue weighted by Gasteiger charge is -2.33. The van der Waals surface area contributed by atoms with Crippen molar-refractivity contribution in [2.75, 3.05) is 6.61 Å². The van der Waals surface area contributed by atoms with E-state index in [4.69, 9.17) is 0 Å². The van der Waals surface area contributed by atoms with Crippen LogP contribution in [0.15, 0.2) is 0 Å². The highest BCUT2D eigenvalue weighted by molar-refractivity contribution is 4.92. The number of rotatable bonds is 3. The van der Waals surface area contributed by atoms with Crippen molar-refractivity contribution in [3.05, 3.63) is 0 Å². The van der Waals surface area contributed by atoms with Crippen LogP contribution in [0.25, 0.3) is 0 Å². The molecule has 1 nitrogen and oxygen atoms in total. The van der Waals surface area contributed by atoms with E-state index in [0.717, 1.165) is 0 Å². The van der Waals surface area contributed by atoms with Gasteiger partial charge in [0.15, 0.2) is 0 Å². The van der Waals surface area contributed by atoms with E-state index >= 15 is 0 Å². The molecule has 0 aliphatic heterocycles. The van der Waals surface area contributed by atoms with Crippen LogP contribution in [0.1, 0.15) is 19.8 Å². The summed E-state index contributed by atoms with van der Waals surface area (Å²) in [5, 5.41) is 0. The zero-order valence-corrected chi connectivity index (χ0v) is 7.87. The van der Waals surface area contributed by atoms with Crippen LogP contribution in [0.5, 0.6) is 0 Å². The van der Waals surface area contributed by atoms with Crippen molar-refractivity contribution in [3.8, 4) is 0 Å². The third kappa shape index (κ3) is 2.56. The molecule has 1 aliphatic carbocycles. The molecule has 0 spiro atoms. The summed E-state index contributed by atoms with van der Waals surface area (Å²) >= 11 is 0. The Morgan fingerprint density at radius 2 is 1.40 bits per heavy atom. The Morgan fingerprint density at radius 3 is 1.67 bits per heavy atom. The molecule has 0 bridgehead atoms. The van der Waals surface area contributed by atoms with Crippen molar-refractivity contribution in [3.63, 3.8) is 0 Å². The predicted octanol–water partition coefficient (Wildman–Crippen LogP) is 3.30. The fourth-order valence-electron chi connectivity index (χ4n) is 0.893. The predicted molar refractivity (Wildman–Crippen MR) is 39.2 cm³/mol. The molecular formula is C8H10F6O. The highest BCUT2D eigenvalue weighted by Crippen LogP contribution is 2.46. The normalized spacial score (nSPS) is 19.4. The molecule has 90 valence electrons. The summed E-state index contributed by atoms with van der Waals surface area (Å²) < 4.78 is 77.4. The fraction of sp³-hybridized carbons (Fsp3) is 1.00. The van der Waals surface area contributed by atoms with Crippen molar-refractivity contribution < 1.29 is 31.1 Å². The van der Waals surface area contributed by atoms with Gasteiger partial charge < -0.3 is 4.74 Å². The standard InChI is InChI=1S/C8H10F6O/c1-6(7(9,10)11,8(12,13)14)15-4-5-2-3-5/h5H,2-4H2,1H3. The first-order valence-electron chi connectivity index (χ1n) is 4.35. The molecule has 0 amide bonds. The smallest absolute Gasteiger partial charge is 0.358 e. The molecule has 0 aromatic carbocycles. The molecule has 1 saturated carbocycles. The molecule has 0 heterocycles. The third-order valence-electron chi connectivity index (χ3n) is 2.39. The van der Waals surface area contributed by atoms with Crippen LogP contribution in [-0.4, -0.2) is 24.6 Å². The first-order valence-corrected chi connectivity index (χ1v) is 4.35. The van der Waals surface area contributed by atoms with Gasteiger partial charge in [-0.2, -0.15) is 26.3 Å². The molecular weight excluding hydrogens is 226 g/mol. The number of ether oxygens (including phenoxy) is 1. The van der Waals surface area contributed by atoms with Gasteiger partial charge >= 0.3 is 12.4 Å². The summed E-state index contributed by atoms with van der Waals surface area (Å²) in [6, 6.07) is 0. The average molecular weight is 236 g/mol. The Labute approximate surface area is 82.4 Å². The average Bonchev–Trinajstić information content (AvgIpc) is 2.78. The van der Waals surface area contributed by atoms with Crippen LogP contribution in [0.3, 0.4) is 0 Å². The number of alkyl halides is 6. The van der Waals surface area contributed by atoms with Gasteiger partial charge in [0.1, 0.15) is 0 Å². The van der Waals surface area contributed by atoms with E-state index in [-0.39, 0.29) is 12.8 Å². The first kappa shape index (κ1) is 12.6. The number of halogens is 6. The monoisotopic (exact) mass is 236 g/mol. The number of hydrogen-bond donors (Lipinski definition) is 0. The second-order valence-corrected chi connectivity index (χ2v) is 3.78. The van der Waals surface area contributed by atoms with Gasteiger partial charge in [-0.15, -0.1) is 0 Å². The third-order valence-corrected chi connectivity index (χ3v) is 2.39. The van der Waals surface area contributed by atoms with Crippen LogP contribution in [-0.2, 0) is 4.74 Å². The SMILES string of the molecule is CC(OCC1CC1)(C(F)(F)F)C(F)(F)F. The lowest BCUT2D eigenvalue weighted by molar-refractivity contribution is -0.374. The second kappa shape index (κ2) is 3.54. The number of hydrogen-bond acceptors (Lipinski definition) is 1. The summed E-state index contributed by atoms with van der Waals surface area (Å²) in [7, 11) is 0. The Hall–Kier alpha value is -0.460. The fourth-order valence-corrected chi connectivity index (χ4v) is 0.893. The molecule has 0 aromatic heterocycles. The quantitative estimate of drug-likeness (QED) is 0.683. The summed E-state index contributed by atoms with van der Waals surface area (Å²) in [4.78, 5) is 0. The maximum Gasteiger partial charge on any atom is 0.426 e. The lowest BCUT2D eigenvalue weighted by atomic mass is 10.1. The van der Waals surface area contributed by atoms with E-state index in [1.165, 1.54) is 0 Å². The van der Waals surface area contributed by atoms with Crippen LogP contribution in [0.2, 0.25) is 0 Å². The molecule has 0 N–H and O–H groups in total. The second-order valence-electron chi connectivity index (χ2n) is 3.78. The van der Waals surface area contributed by atoms with Gasteiger partial charge in [0.2, 0.25) is 0 Å². The van der Waals surface area contributed by atoms with E-state index in [9.17, 15) is 26.3 Å². The van der Waals surface area contributed by atoms with Crippen LogP contribution < -0.4 is 0 Å². The van der Waals surface area contributed by atoms with E-state index in [0.29, 0.717) is 12.8 Å². The van der Waals surface area contributed by atoms with Crippen LogP contribution in [0.4, 0.5) is 26.3 Å². The Kier molecular flexibility index (Phi) is 2.97. The Morgan fingerprint density at radius 1 is 1.00 bits per heavy atom. The summed E-state index contributed by atoms with van der Waals surface area (Å²) in [5.74, 6) is -0.158. The summed E-state index contributed by atoms with van der Waals surface area (Å²) in [6.07, 6.45) is -9.63. The van der Waals surface area contributed by atoms with Gasteiger partial charge in [0, 0.05) is 0 Å². The van der Waals surface area contributed by atoms with E-state index in [2.05, 4.69) is 4.74 Å². The van der Waals surface area contributed by atoms with E-state index < -0.39 is 24.6 Å². The highest BCUT2D eigenvalue weighted by atomic mass is 19.4. The summed E-state index contributed by atoms with van der Waals surface area (Å²) in [5.41, 5.74) is -4.05. The largest absolute Gasteiger partial charge is 0.426 e. The topological polar surface area (TPSA) is 9.23 Å². The van der Waals surface area contributed by atoms with Crippen molar-refractivity contribution in [1.29, 1.82) is 0 Å². The van der Waals surface area contributed by atoms with Gasteiger partial charge in [0.05, 0.1) is 6.61 Å². The summed E-state index contributed by atoms with van der Waals surface area (Å²) in [6.45, 7) is -0.467. The Balaban J connectivity index is 2.75. The van der Waals surface area contributed by atoms with Gasteiger partial charge in [-0.3, -0.25) is 0 Å². The molecule has 15 heavy (non-hydrogen) atoms. The van der Waals surface area contributed by atoms with Gasteiger partial charge in [-0.05, 0) is 25.7 Å². The zero-order valence-electron chi connectivity index (χ0n) is 7.87. The van der Waals surface area contributed by atoms with Gasteiger partial charge in [0.25, 0.3) is 5.60 Å².